The zero-order chi connectivity index (χ0) is 14.2. The van der Waals surface area contributed by atoms with E-state index in [1.165, 1.54) is 0 Å². The molecule has 2 rings (SSSR count). The highest BCUT2D eigenvalue weighted by Crippen LogP contribution is 2.30. The van der Waals surface area contributed by atoms with Crippen molar-refractivity contribution in [2.45, 2.75) is 32.9 Å². The van der Waals surface area contributed by atoms with E-state index in [0.717, 1.165) is 17.2 Å². The van der Waals surface area contributed by atoms with Crippen molar-refractivity contribution in [1.82, 2.24) is 14.8 Å². The number of nitrogens with zero attached hydrogens (tertiary/aromatic N) is 3. The van der Waals surface area contributed by atoms with E-state index in [2.05, 4.69) is 31.0 Å². The first-order valence-corrected chi connectivity index (χ1v) is 6.70. The normalized spacial score (nSPS) is 11.9. The van der Waals surface area contributed by atoms with E-state index in [9.17, 15) is 0 Å². The van der Waals surface area contributed by atoms with Gasteiger partial charge in [0.2, 0.25) is 0 Å². The van der Waals surface area contributed by atoms with E-state index in [1.807, 2.05) is 10.6 Å². The van der Waals surface area contributed by atoms with Crippen LogP contribution in [0.4, 0.5) is 0 Å². The number of nitrogens with two attached hydrogens (primary N) is 1. The maximum absolute atomic E-state index is 6.06. The summed E-state index contributed by atoms with van der Waals surface area (Å²) in [5.41, 5.74) is 6.43. The number of hydrogen-bond donors (Lipinski definition) is 1. The molecule has 0 bridgehead atoms. The molecule has 19 heavy (non-hydrogen) atoms. The molecular formula is C13H16Cl2N4. The molecule has 0 unspecified atom stereocenters. The van der Waals surface area contributed by atoms with Gasteiger partial charge in [-0.25, -0.2) is 0 Å². The smallest absolute Gasteiger partial charge is 0.164 e. The quantitative estimate of drug-likeness (QED) is 0.923. The van der Waals surface area contributed by atoms with Crippen molar-refractivity contribution in [3.8, 4) is 11.4 Å². The molecule has 0 spiro atoms. The van der Waals surface area contributed by atoms with E-state index in [-0.39, 0.29) is 5.54 Å². The SMILES string of the molecule is CC(C)(C)n1c(CN)nnc1-c1ccc(Cl)c(Cl)c1. The molecule has 0 fully saturated rings. The van der Waals surface area contributed by atoms with Crippen molar-refractivity contribution in [2.75, 3.05) is 0 Å². The topological polar surface area (TPSA) is 56.7 Å². The number of rotatable bonds is 2. The van der Waals surface area contributed by atoms with Crippen LogP contribution in [0.5, 0.6) is 0 Å². The number of hydrogen-bond acceptors (Lipinski definition) is 3. The molecule has 0 atom stereocenters. The molecule has 2 aromatic rings. The Morgan fingerprint density at radius 2 is 1.84 bits per heavy atom. The van der Waals surface area contributed by atoms with Gasteiger partial charge >= 0.3 is 0 Å². The standard InChI is InChI=1S/C13H16Cl2N4/c1-13(2,3)19-11(7-16)17-18-12(19)8-4-5-9(14)10(15)6-8/h4-6H,7,16H2,1-3H3. The molecule has 6 heteroatoms. The Labute approximate surface area is 122 Å². The molecule has 1 aromatic heterocycles. The van der Waals surface area contributed by atoms with Gasteiger partial charge in [0.1, 0.15) is 5.82 Å². The van der Waals surface area contributed by atoms with Crippen LogP contribution in [0.2, 0.25) is 10.0 Å². The Balaban J connectivity index is 2.62. The third-order valence-electron chi connectivity index (χ3n) is 2.76. The Bertz CT molecular complexity index is 599. The van der Waals surface area contributed by atoms with Gasteiger partial charge in [-0.05, 0) is 39.0 Å². The molecule has 0 saturated heterocycles. The van der Waals surface area contributed by atoms with Crippen LogP contribution in [0.15, 0.2) is 18.2 Å². The van der Waals surface area contributed by atoms with Crippen LogP contribution in [-0.2, 0) is 12.1 Å². The molecule has 0 aliphatic rings. The lowest BCUT2D eigenvalue weighted by atomic mass is 10.1. The molecule has 0 radical (unpaired) electrons. The van der Waals surface area contributed by atoms with Gasteiger partial charge in [0.05, 0.1) is 16.6 Å². The maximum atomic E-state index is 6.06. The average Bonchev–Trinajstić information content (AvgIpc) is 2.76. The molecule has 0 aliphatic carbocycles. The summed E-state index contributed by atoms with van der Waals surface area (Å²) < 4.78 is 2.02. The van der Waals surface area contributed by atoms with Crippen LogP contribution in [0.1, 0.15) is 26.6 Å². The Morgan fingerprint density at radius 1 is 1.16 bits per heavy atom. The molecule has 1 aromatic carbocycles. The lowest BCUT2D eigenvalue weighted by Crippen LogP contribution is -2.26. The highest BCUT2D eigenvalue weighted by Gasteiger charge is 2.23. The molecule has 0 amide bonds. The molecule has 0 aliphatic heterocycles. The van der Waals surface area contributed by atoms with Crippen LogP contribution in [0, 0.1) is 0 Å². The van der Waals surface area contributed by atoms with Crippen LogP contribution in [-0.4, -0.2) is 14.8 Å². The van der Waals surface area contributed by atoms with Gasteiger partial charge in [0.15, 0.2) is 5.82 Å². The first-order valence-electron chi connectivity index (χ1n) is 5.95. The average molecular weight is 299 g/mol. The second-order valence-corrected chi connectivity index (χ2v) is 6.09. The van der Waals surface area contributed by atoms with E-state index >= 15 is 0 Å². The lowest BCUT2D eigenvalue weighted by Gasteiger charge is -2.24. The molecule has 0 saturated carbocycles. The van der Waals surface area contributed by atoms with Gasteiger partial charge in [-0.3, -0.25) is 0 Å². The second-order valence-electron chi connectivity index (χ2n) is 5.28. The summed E-state index contributed by atoms with van der Waals surface area (Å²) in [4.78, 5) is 0. The van der Waals surface area contributed by atoms with Gasteiger partial charge in [-0.1, -0.05) is 23.2 Å². The molecule has 102 valence electrons. The fourth-order valence-electron chi connectivity index (χ4n) is 1.98. The van der Waals surface area contributed by atoms with Crippen molar-refractivity contribution in [3.63, 3.8) is 0 Å². The van der Waals surface area contributed by atoms with Crippen LogP contribution < -0.4 is 5.73 Å². The summed E-state index contributed by atoms with van der Waals surface area (Å²) in [5.74, 6) is 1.49. The van der Waals surface area contributed by atoms with Gasteiger partial charge in [-0.2, -0.15) is 0 Å². The number of aromatic nitrogens is 3. The third-order valence-corrected chi connectivity index (χ3v) is 3.50. The predicted molar refractivity (Wildman–Crippen MR) is 78.4 cm³/mol. The second kappa shape index (κ2) is 5.12. The predicted octanol–water partition coefficient (Wildman–Crippen LogP) is 3.47. The summed E-state index contributed by atoms with van der Waals surface area (Å²) in [6, 6.07) is 5.42. The zero-order valence-electron chi connectivity index (χ0n) is 11.1. The highest BCUT2D eigenvalue weighted by atomic mass is 35.5. The maximum Gasteiger partial charge on any atom is 0.164 e. The fourth-order valence-corrected chi connectivity index (χ4v) is 2.27. The molecule has 2 N–H and O–H groups in total. The minimum atomic E-state index is -0.167. The van der Waals surface area contributed by atoms with Crippen molar-refractivity contribution in [1.29, 1.82) is 0 Å². The number of halogens is 2. The lowest BCUT2D eigenvalue weighted by molar-refractivity contribution is 0.386. The minimum Gasteiger partial charge on any atom is -0.324 e. The van der Waals surface area contributed by atoms with Gasteiger partial charge in [0.25, 0.3) is 0 Å². The zero-order valence-corrected chi connectivity index (χ0v) is 12.6. The largest absolute Gasteiger partial charge is 0.324 e. The monoisotopic (exact) mass is 298 g/mol. The van der Waals surface area contributed by atoms with Gasteiger partial charge in [0, 0.05) is 11.1 Å². The van der Waals surface area contributed by atoms with Crippen molar-refractivity contribution < 1.29 is 0 Å². The Kier molecular flexibility index (Phi) is 3.85. The van der Waals surface area contributed by atoms with Crippen molar-refractivity contribution in [3.05, 3.63) is 34.1 Å². The fraction of sp³-hybridized carbons (Fsp3) is 0.385. The highest BCUT2D eigenvalue weighted by molar-refractivity contribution is 6.42. The van der Waals surface area contributed by atoms with Crippen molar-refractivity contribution >= 4 is 23.2 Å². The summed E-state index contributed by atoms with van der Waals surface area (Å²) in [5, 5.41) is 9.38. The summed E-state index contributed by atoms with van der Waals surface area (Å²) in [7, 11) is 0. The molecule has 4 nitrogen and oxygen atoms in total. The number of benzene rings is 1. The van der Waals surface area contributed by atoms with Crippen LogP contribution >= 0.6 is 23.2 Å². The molecular weight excluding hydrogens is 283 g/mol. The first kappa shape index (κ1) is 14.3. The summed E-state index contributed by atoms with van der Waals surface area (Å²) in [6.45, 7) is 6.58. The summed E-state index contributed by atoms with van der Waals surface area (Å²) >= 11 is 12.0. The Hall–Kier alpha value is -1.10. The third kappa shape index (κ3) is 2.76. The van der Waals surface area contributed by atoms with Gasteiger partial charge in [-0.15, -0.1) is 10.2 Å². The van der Waals surface area contributed by atoms with E-state index in [1.54, 1.807) is 12.1 Å². The van der Waals surface area contributed by atoms with E-state index < -0.39 is 0 Å². The Morgan fingerprint density at radius 3 is 2.37 bits per heavy atom. The first-order chi connectivity index (χ1) is 8.84. The minimum absolute atomic E-state index is 0.167. The van der Waals surface area contributed by atoms with Gasteiger partial charge < -0.3 is 10.3 Å². The summed E-state index contributed by atoms with van der Waals surface area (Å²) in [6.07, 6.45) is 0. The van der Waals surface area contributed by atoms with Crippen LogP contribution in [0.25, 0.3) is 11.4 Å². The van der Waals surface area contributed by atoms with Crippen molar-refractivity contribution in [2.24, 2.45) is 5.73 Å². The van der Waals surface area contributed by atoms with E-state index in [0.29, 0.717) is 16.6 Å². The van der Waals surface area contributed by atoms with Crippen LogP contribution in [0.3, 0.4) is 0 Å². The molecule has 1 heterocycles. The van der Waals surface area contributed by atoms with E-state index in [4.69, 9.17) is 28.9 Å².